The van der Waals surface area contributed by atoms with Gasteiger partial charge in [-0.25, -0.2) is 4.68 Å². The van der Waals surface area contributed by atoms with Gasteiger partial charge in [-0.15, -0.1) is 10.2 Å². The highest BCUT2D eigenvalue weighted by molar-refractivity contribution is 5.83. The van der Waals surface area contributed by atoms with E-state index in [-0.39, 0.29) is 5.56 Å². The summed E-state index contributed by atoms with van der Waals surface area (Å²) in [6.07, 6.45) is 6.96. The van der Waals surface area contributed by atoms with Gasteiger partial charge >= 0.3 is 0 Å². The maximum Gasteiger partial charge on any atom is 0.274 e. The lowest BCUT2D eigenvalue weighted by Gasteiger charge is -2.25. The Labute approximate surface area is 151 Å². The van der Waals surface area contributed by atoms with Crippen LogP contribution in [0.3, 0.4) is 0 Å². The molecular weight excluding hydrogens is 326 g/mol. The molecule has 3 heterocycles. The lowest BCUT2D eigenvalue weighted by molar-refractivity contribution is 0.261. The van der Waals surface area contributed by atoms with Crippen molar-refractivity contribution in [3.05, 3.63) is 52.0 Å². The van der Waals surface area contributed by atoms with E-state index in [0.29, 0.717) is 11.8 Å². The molecule has 1 saturated carbocycles. The van der Waals surface area contributed by atoms with Crippen LogP contribution < -0.4 is 5.56 Å². The van der Waals surface area contributed by atoms with Crippen molar-refractivity contribution in [2.24, 2.45) is 18.9 Å². The Balaban J connectivity index is 1.57. The predicted octanol–water partition coefficient (Wildman–Crippen LogP) is 2.48. The zero-order chi connectivity index (χ0) is 17.7. The monoisotopic (exact) mass is 349 g/mol. The van der Waals surface area contributed by atoms with Gasteiger partial charge in [0.1, 0.15) is 11.6 Å². The molecule has 2 bridgehead atoms. The first-order valence-electron chi connectivity index (χ1n) is 9.55. The fourth-order valence-corrected chi connectivity index (χ4v) is 4.79. The molecule has 1 aromatic carbocycles. The van der Waals surface area contributed by atoms with Gasteiger partial charge in [-0.1, -0.05) is 24.6 Å². The van der Waals surface area contributed by atoms with Crippen molar-refractivity contribution < 1.29 is 0 Å². The molecule has 6 nitrogen and oxygen atoms in total. The van der Waals surface area contributed by atoms with Gasteiger partial charge in [0.2, 0.25) is 0 Å². The number of fused-ring (bicyclic) bond motifs is 4. The van der Waals surface area contributed by atoms with Crippen molar-refractivity contribution in [3.8, 4) is 0 Å². The second kappa shape index (κ2) is 6.04. The maximum absolute atomic E-state index is 12.4. The summed E-state index contributed by atoms with van der Waals surface area (Å²) in [7, 11) is 1.71. The molecule has 1 aliphatic carbocycles. The summed E-state index contributed by atoms with van der Waals surface area (Å²) in [5.74, 6) is 3.62. The summed E-state index contributed by atoms with van der Waals surface area (Å²) in [5.41, 5.74) is 0.836. The summed E-state index contributed by atoms with van der Waals surface area (Å²) in [6, 6.07) is 7.71. The highest BCUT2D eigenvalue weighted by Crippen LogP contribution is 2.35. The molecule has 0 amide bonds. The van der Waals surface area contributed by atoms with Crippen molar-refractivity contribution >= 4 is 10.8 Å². The molecule has 2 atom stereocenters. The highest BCUT2D eigenvalue weighted by Gasteiger charge is 2.29. The van der Waals surface area contributed by atoms with Gasteiger partial charge in [0.15, 0.2) is 0 Å². The Kier molecular flexibility index (Phi) is 3.65. The standard InChI is InChI=1S/C20H23N5O/c1-24-20(26)16-8-3-2-7-15(16)17(23-24)11-19-22-21-18-10-13-5-4-6-14(9-13)12-25(18)19/h2-3,7-8,13-14H,4-6,9-12H2,1H3. The van der Waals surface area contributed by atoms with Gasteiger partial charge in [-0.3, -0.25) is 4.79 Å². The van der Waals surface area contributed by atoms with Gasteiger partial charge < -0.3 is 4.57 Å². The van der Waals surface area contributed by atoms with Gasteiger partial charge in [0.05, 0.1) is 17.5 Å². The summed E-state index contributed by atoms with van der Waals surface area (Å²) in [6.45, 7) is 1.03. The summed E-state index contributed by atoms with van der Waals surface area (Å²) in [5, 5.41) is 15.2. The molecule has 134 valence electrons. The maximum atomic E-state index is 12.4. The van der Waals surface area contributed by atoms with Crippen LogP contribution in [0.1, 0.15) is 43.0 Å². The minimum Gasteiger partial charge on any atom is -0.314 e. The SMILES string of the molecule is Cn1nc(Cc2nnc3n2CC2CCCC(C3)C2)c2ccccc2c1=O. The van der Waals surface area contributed by atoms with Crippen molar-refractivity contribution in [1.29, 1.82) is 0 Å². The first-order valence-corrected chi connectivity index (χ1v) is 9.55. The van der Waals surface area contributed by atoms with E-state index in [1.54, 1.807) is 7.05 Å². The zero-order valence-electron chi connectivity index (χ0n) is 15.1. The van der Waals surface area contributed by atoms with E-state index in [0.717, 1.165) is 47.5 Å². The Bertz CT molecular complexity index is 1030. The van der Waals surface area contributed by atoms with Crippen LogP contribution in [-0.2, 0) is 26.4 Å². The topological polar surface area (TPSA) is 65.6 Å². The molecule has 0 saturated heterocycles. The number of hydrogen-bond acceptors (Lipinski definition) is 4. The second-order valence-electron chi connectivity index (χ2n) is 7.84. The quantitative estimate of drug-likeness (QED) is 0.713. The Morgan fingerprint density at radius 1 is 1.12 bits per heavy atom. The fraction of sp³-hybridized carbons (Fsp3) is 0.500. The van der Waals surface area contributed by atoms with Crippen LogP contribution in [0.4, 0.5) is 0 Å². The molecule has 2 aromatic heterocycles. The van der Waals surface area contributed by atoms with E-state index in [1.807, 2.05) is 24.3 Å². The van der Waals surface area contributed by atoms with E-state index in [1.165, 1.54) is 30.4 Å². The molecule has 0 radical (unpaired) electrons. The fourth-order valence-electron chi connectivity index (χ4n) is 4.79. The minimum atomic E-state index is -0.0572. The average molecular weight is 349 g/mol. The van der Waals surface area contributed by atoms with Crippen molar-refractivity contribution in [3.63, 3.8) is 0 Å². The minimum absolute atomic E-state index is 0.0572. The first-order chi connectivity index (χ1) is 12.7. The van der Waals surface area contributed by atoms with Crippen LogP contribution in [-0.4, -0.2) is 24.5 Å². The van der Waals surface area contributed by atoms with Crippen LogP contribution >= 0.6 is 0 Å². The van der Waals surface area contributed by atoms with Crippen molar-refractivity contribution in [2.75, 3.05) is 0 Å². The molecule has 5 rings (SSSR count). The van der Waals surface area contributed by atoms with Crippen molar-refractivity contribution in [2.45, 2.75) is 45.1 Å². The third-order valence-corrected chi connectivity index (χ3v) is 6.07. The number of aryl methyl sites for hydroxylation is 1. The molecule has 6 heteroatoms. The normalized spacial score (nSPS) is 22.2. The number of rotatable bonds is 2. The molecule has 0 N–H and O–H groups in total. The molecule has 2 unspecified atom stereocenters. The van der Waals surface area contributed by atoms with Crippen molar-refractivity contribution in [1.82, 2.24) is 24.5 Å². The van der Waals surface area contributed by atoms with Crippen LogP contribution in [0.15, 0.2) is 29.1 Å². The second-order valence-corrected chi connectivity index (χ2v) is 7.84. The molecule has 1 aliphatic heterocycles. The predicted molar refractivity (Wildman–Crippen MR) is 99.0 cm³/mol. The summed E-state index contributed by atoms with van der Waals surface area (Å²) in [4.78, 5) is 12.4. The highest BCUT2D eigenvalue weighted by atomic mass is 16.1. The number of nitrogens with zero attached hydrogens (tertiary/aromatic N) is 5. The molecule has 0 spiro atoms. The van der Waals surface area contributed by atoms with Gasteiger partial charge in [-0.05, 0) is 37.2 Å². The lowest BCUT2D eigenvalue weighted by atomic mass is 9.81. The van der Waals surface area contributed by atoms with E-state index in [9.17, 15) is 4.79 Å². The first kappa shape index (κ1) is 15.7. The zero-order valence-corrected chi connectivity index (χ0v) is 15.1. The molecule has 26 heavy (non-hydrogen) atoms. The van der Waals surface area contributed by atoms with Gasteiger partial charge in [-0.2, -0.15) is 5.10 Å². The number of benzene rings is 1. The average Bonchev–Trinajstić information content (AvgIpc) is 2.95. The molecule has 1 fully saturated rings. The summed E-state index contributed by atoms with van der Waals surface area (Å²) < 4.78 is 3.77. The van der Waals surface area contributed by atoms with E-state index in [2.05, 4.69) is 19.9 Å². The lowest BCUT2D eigenvalue weighted by Crippen LogP contribution is -2.22. The Morgan fingerprint density at radius 2 is 1.92 bits per heavy atom. The van der Waals surface area contributed by atoms with Gasteiger partial charge in [0, 0.05) is 25.4 Å². The van der Waals surface area contributed by atoms with Crippen LogP contribution in [0, 0.1) is 11.8 Å². The largest absolute Gasteiger partial charge is 0.314 e. The van der Waals surface area contributed by atoms with E-state index >= 15 is 0 Å². The Morgan fingerprint density at radius 3 is 2.81 bits per heavy atom. The van der Waals surface area contributed by atoms with Crippen LogP contribution in [0.2, 0.25) is 0 Å². The third kappa shape index (κ3) is 2.55. The van der Waals surface area contributed by atoms with E-state index < -0.39 is 0 Å². The van der Waals surface area contributed by atoms with Crippen LogP contribution in [0.25, 0.3) is 10.8 Å². The Hall–Kier alpha value is -2.50. The summed E-state index contributed by atoms with van der Waals surface area (Å²) >= 11 is 0. The molecular formula is C20H23N5O. The van der Waals surface area contributed by atoms with E-state index in [4.69, 9.17) is 0 Å². The number of aromatic nitrogens is 5. The molecule has 3 aromatic rings. The van der Waals surface area contributed by atoms with Crippen LogP contribution in [0.5, 0.6) is 0 Å². The van der Waals surface area contributed by atoms with Gasteiger partial charge in [0.25, 0.3) is 5.56 Å². The third-order valence-electron chi connectivity index (χ3n) is 6.07. The number of hydrogen-bond donors (Lipinski definition) is 0. The smallest absolute Gasteiger partial charge is 0.274 e. The molecule has 2 aliphatic rings.